The van der Waals surface area contributed by atoms with Crippen LogP contribution in [0.3, 0.4) is 0 Å². The normalized spacial score (nSPS) is 10.9. The van der Waals surface area contributed by atoms with Crippen LogP contribution in [0.15, 0.2) is 59.4 Å². The first kappa shape index (κ1) is 13.5. The van der Waals surface area contributed by atoms with Gasteiger partial charge in [0, 0.05) is 19.5 Å². The number of fused-ring (bicyclic) bond motifs is 1. The highest BCUT2D eigenvalue weighted by atomic mass is 16.1. The first-order chi connectivity index (χ1) is 10.3. The van der Waals surface area contributed by atoms with Crippen LogP contribution in [-0.4, -0.2) is 16.1 Å². The smallest absolute Gasteiger partial charge is 0.261 e. The van der Waals surface area contributed by atoms with E-state index >= 15 is 0 Å². The van der Waals surface area contributed by atoms with Crippen molar-refractivity contribution in [1.29, 1.82) is 0 Å². The lowest BCUT2D eigenvalue weighted by molar-refractivity contribution is 0.636. The predicted molar refractivity (Wildman–Crippen MR) is 84.3 cm³/mol. The maximum Gasteiger partial charge on any atom is 0.261 e. The average Bonchev–Trinajstić information content (AvgIpc) is 2.52. The Morgan fingerprint density at radius 3 is 2.48 bits per heavy atom. The SMILES string of the molecule is NCCn1c(Cc2ccccc2)nc2ccccc2c1=O. The van der Waals surface area contributed by atoms with Gasteiger partial charge in [0.25, 0.3) is 5.56 Å². The maximum atomic E-state index is 12.6. The largest absolute Gasteiger partial charge is 0.329 e. The highest BCUT2D eigenvalue weighted by Gasteiger charge is 2.10. The van der Waals surface area contributed by atoms with Gasteiger partial charge in [-0.05, 0) is 17.7 Å². The molecule has 0 amide bonds. The summed E-state index contributed by atoms with van der Waals surface area (Å²) in [7, 11) is 0. The third-order valence-corrected chi connectivity index (χ3v) is 3.50. The molecule has 0 saturated heterocycles. The molecule has 0 aliphatic heterocycles. The molecule has 2 aromatic carbocycles. The number of rotatable bonds is 4. The van der Waals surface area contributed by atoms with Crippen molar-refractivity contribution in [3.63, 3.8) is 0 Å². The summed E-state index contributed by atoms with van der Waals surface area (Å²) in [5.74, 6) is 0.760. The molecular formula is C17H17N3O. The van der Waals surface area contributed by atoms with Gasteiger partial charge in [0.05, 0.1) is 10.9 Å². The second-order valence-corrected chi connectivity index (χ2v) is 4.95. The molecule has 106 valence electrons. The van der Waals surface area contributed by atoms with Crippen molar-refractivity contribution in [2.24, 2.45) is 5.73 Å². The molecule has 0 aliphatic carbocycles. The van der Waals surface area contributed by atoms with Gasteiger partial charge < -0.3 is 5.73 Å². The van der Waals surface area contributed by atoms with E-state index in [1.807, 2.05) is 54.6 Å². The minimum absolute atomic E-state index is 0.0167. The van der Waals surface area contributed by atoms with E-state index in [9.17, 15) is 4.79 Å². The summed E-state index contributed by atoms with van der Waals surface area (Å²) in [6.45, 7) is 0.903. The van der Waals surface area contributed by atoms with Crippen molar-refractivity contribution in [1.82, 2.24) is 9.55 Å². The van der Waals surface area contributed by atoms with Crippen LogP contribution in [0.1, 0.15) is 11.4 Å². The molecule has 0 bridgehead atoms. The molecular weight excluding hydrogens is 262 g/mol. The molecule has 0 aliphatic rings. The van der Waals surface area contributed by atoms with Crippen LogP contribution in [0.4, 0.5) is 0 Å². The van der Waals surface area contributed by atoms with Crippen LogP contribution in [0.25, 0.3) is 10.9 Å². The van der Waals surface area contributed by atoms with Gasteiger partial charge in [-0.25, -0.2) is 4.98 Å². The number of nitrogens with zero attached hydrogens (tertiary/aromatic N) is 2. The fourth-order valence-electron chi connectivity index (χ4n) is 2.49. The molecule has 2 N–H and O–H groups in total. The van der Waals surface area contributed by atoms with Gasteiger partial charge in [0.1, 0.15) is 5.82 Å². The summed E-state index contributed by atoms with van der Waals surface area (Å²) < 4.78 is 1.69. The summed E-state index contributed by atoms with van der Waals surface area (Å²) >= 11 is 0. The van der Waals surface area contributed by atoms with Crippen molar-refractivity contribution in [2.45, 2.75) is 13.0 Å². The molecule has 0 radical (unpaired) electrons. The number of hydrogen-bond acceptors (Lipinski definition) is 3. The first-order valence-electron chi connectivity index (χ1n) is 7.02. The highest BCUT2D eigenvalue weighted by Crippen LogP contribution is 2.11. The number of hydrogen-bond donors (Lipinski definition) is 1. The van der Waals surface area contributed by atoms with Crippen molar-refractivity contribution in [3.05, 3.63) is 76.3 Å². The Hall–Kier alpha value is -2.46. The van der Waals surface area contributed by atoms with Crippen molar-refractivity contribution < 1.29 is 0 Å². The van der Waals surface area contributed by atoms with Gasteiger partial charge in [0.15, 0.2) is 0 Å². The first-order valence-corrected chi connectivity index (χ1v) is 7.02. The summed E-state index contributed by atoms with van der Waals surface area (Å²) in [4.78, 5) is 17.3. The monoisotopic (exact) mass is 279 g/mol. The topological polar surface area (TPSA) is 60.9 Å². The number of nitrogens with two attached hydrogens (primary N) is 1. The summed E-state index contributed by atoms with van der Waals surface area (Å²) in [5.41, 5.74) is 7.50. The van der Waals surface area contributed by atoms with Gasteiger partial charge in [0.2, 0.25) is 0 Å². The molecule has 0 spiro atoms. The minimum Gasteiger partial charge on any atom is -0.329 e. The third kappa shape index (κ3) is 2.71. The zero-order chi connectivity index (χ0) is 14.7. The number of para-hydroxylation sites is 1. The van der Waals surface area contributed by atoms with E-state index in [0.717, 1.165) is 16.9 Å². The Bertz CT molecular complexity index is 809. The van der Waals surface area contributed by atoms with Crippen LogP contribution < -0.4 is 11.3 Å². The molecule has 4 nitrogen and oxygen atoms in total. The lowest BCUT2D eigenvalue weighted by Gasteiger charge is -2.12. The second-order valence-electron chi connectivity index (χ2n) is 4.95. The number of benzene rings is 2. The maximum absolute atomic E-state index is 12.6. The molecule has 0 saturated carbocycles. The Morgan fingerprint density at radius 1 is 1.00 bits per heavy atom. The van der Waals surface area contributed by atoms with Crippen molar-refractivity contribution in [2.75, 3.05) is 6.54 Å². The van der Waals surface area contributed by atoms with E-state index in [1.54, 1.807) is 4.57 Å². The van der Waals surface area contributed by atoms with Crippen molar-refractivity contribution in [3.8, 4) is 0 Å². The molecule has 3 aromatic rings. The predicted octanol–water partition coefficient (Wildman–Crippen LogP) is 1.95. The Morgan fingerprint density at radius 2 is 1.71 bits per heavy atom. The van der Waals surface area contributed by atoms with E-state index < -0.39 is 0 Å². The lowest BCUT2D eigenvalue weighted by Crippen LogP contribution is -2.28. The van der Waals surface area contributed by atoms with Crippen molar-refractivity contribution >= 4 is 10.9 Å². The fourth-order valence-corrected chi connectivity index (χ4v) is 2.49. The molecule has 1 heterocycles. The van der Waals surface area contributed by atoms with Gasteiger partial charge in [-0.15, -0.1) is 0 Å². The molecule has 3 rings (SSSR count). The molecule has 4 heteroatoms. The molecule has 0 atom stereocenters. The molecule has 0 unspecified atom stereocenters. The van der Waals surface area contributed by atoms with Gasteiger partial charge >= 0.3 is 0 Å². The molecule has 0 fully saturated rings. The zero-order valence-electron chi connectivity index (χ0n) is 11.7. The van der Waals surface area contributed by atoms with Crippen LogP contribution in [0.5, 0.6) is 0 Å². The van der Waals surface area contributed by atoms with E-state index in [-0.39, 0.29) is 5.56 Å². The average molecular weight is 279 g/mol. The van der Waals surface area contributed by atoms with E-state index in [0.29, 0.717) is 24.9 Å². The highest BCUT2D eigenvalue weighted by molar-refractivity contribution is 5.77. The van der Waals surface area contributed by atoms with Crippen LogP contribution in [-0.2, 0) is 13.0 Å². The van der Waals surface area contributed by atoms with Crippen LogP contribution in [0.2, 0.25) is 0 Å². The standard InChI is InChI=1S/C17H17N3O/c18-10-11-20-16(12-13-6-2-1-3-7-13)19-15-9-5-4-8-14(15)17(20)21/h1-9H,10-12,18H2. The Kier molecular flexibility index (Phi) is 3.79. The van der Waals surface area contributed by atoms with E-state index in [4.69, 9.17) is 5.73 Å². The molecule has 21 heavy (non-hydrogen) atoms. The second kappa shape index (κ2) is 5.89. The summed E-state index contributed by atoms with van der Waals surface area (Å²) in [5, 5.41) is 0.641. The Labute approximate surface area is 122 Å². The Balaban J connectivity index is 2.15. The van der Waals surface area contributed by atoms with Gasteiger partial charge in [-0.1, -0.05) is 42.5 Å². The summed E-state index contributed by atoms with van der Waals surface area (Å²) in [6, 6.07) is 17.5. The summed E-state index contributed by atoms with van der Waals surface area (Å²) in [6.07, 6.45) is 0.626. The van der Waals surface area contributed by atoms with E-state index in [2.05, 4.69) is 4.98 Å². The van der Waals surface area contributed by atoms with Gasteiger partial charge in [-0.3, -0.25) is 9.36 Å². The fraction of sp³-hybridized carbons (Fsp3) is 0.176. The number of aromatic nitrogens is 2. The van der Waals surface area contributed by atoms with Crippen LogP contribution >= 0.6 is 0 Å². The van der Waals surface area contributed by atoms with E-state index in [1.165, 1.54) is 0 Å². The minimum atomic E-state index is -0.0167. The zero-order valence-corrected chi connectivity index (χ0v) is 11.7. The van der Waals surface area contributed by atoms with Gasteiger partial charge in [-0.2, -0.15) is 0 Å². The third-order valence-electron chi connectivity index (χ3n) is 3.50. The lowest BCUT2D eigenvalue weighted by atomic mass is 10.1. The van der Waals surface area contributed by atoms with Crippen LogP contribution in [0, 0.1) is 0 Å². The molecule has 1 aromatic heterocycles. The quantitative estimate of drug-likeness (QED) is 0.794.